The summed E-state index contributed by atoms with van der Waals surface area (Å²) in [5, 5.41) is 10.8. The fourth-order valence-electron chi connectivity index (χ4n) is 2.81. The molecule has 11 heteroatoms. The summed E-state index contributed by atoms with van der Waals surface area (Å²) in [4.78, 5) is 16.2. The molecule has 2 heterocycles. The van der Waals surface area contributed by atoms with E-state index in [1.807, 2.05) is 0 Å². The largest absolute Gasteiger partial charge is 0.323 e. The lowest BCUT2D eigenvalue weighted by Gasteiger charge is -2.11. The highest BCUT2D eigenvalue weighted by molar-refractivity contribution is 7.99. The first-order valence-electron chi connectivity index (χ1n) is 9.12. The lowest BCUT2D eigenvalue weighted by Crippen LogP contribution is -2.16. The van der Waals surface area contributed by atoms with Crippen LogP contribution in [0.5, 0.6) is 0 Å². The average molecular weight is 459 g/mol. The highest BCUT2D eigenvalue weighted by atomic mass is 32.2. The molecule has 0 saturated heterocycles. The number of anilines is 1. The molecule has 162 valence electrons. The first kappa shape index (κ1) is 21.5. The fourth-order valence-corrected chi connectivity index (χ4v) is 3.57. The van der Waals surface area contributed by atoms with Crippen molar-refractivity contribution in [1.82, 2.24) is 19.7 Å². The van der Waals surface area contributed by atoms with E-state index in [2.05, 4.69) is 20.5 Å². The van der Waals surface area contributed by atoms with Crippen molar-refractivity contribution in [1.29, 1.82) is 0 Å². The van der Waals surface area contributed by atoms with Gasteiger partial charge < -0.3 is 5.32 Å². The van der Waals surface area contributed by atoms with E-state index in [1.54, 1.807) is 29.1 Å². The number of benzene rings is 2. The predicted molar refractivity (Wildman–Crippen MR) is 110 cm³/mol. The minimum absolute atomic E-state index is 0.228. The van der Waals surface area contributed by atoms with Gasteiger partial charge in [0.25, 0.3) is 0 Å². The normalized spacial score (nSPS) is 10.9. The fraction of sp³-hybridized carbons (Fsp3) is 0.0476. The second-order valence-electron chi connectivity index (χ2n) is 6.41. The molecule has 6 nitrogen and oxygen atoms in total. The van der Waals surface area contributed by atoms with E-state index >= 15 is 0 Å². The van der Waals surface area contributed by atoms with Gasteiger partial charge in [-0.15, -0.1) is 10.2 Å². The van der Waals surface area contributed by atoms with Crippen molar-refractivity contribution in [2.45, 2.75) is 5.16 Å². The number of amides is 1. The van der Waals surface area contributed by atoms with Crippen molar-refractivity contribution < 1.29 is 22.4 Å². The monoisotopic (exact) mass is 459 g/mol. The second-order valence-corrected chi connectivity index (χ2v) is 7.36. The van der Waals surface area contributed by atoms with Crippen molar-refractivity contribution in [2.24, 2.45) is 0 Å². The average Bonchev–Trinajstić information content (AvgIpc) is 3.23. The number of hydrogen-bond donors (Lipinski definition) is 1. The Bertz CT molecular complexity index is 1270. The Morgan fingerprint density at radius 3 is 2.34 bits per heavy atom. The Kier molecular flexibility index (Phi) is 6.17. The van der Waals surface area contributed by atoms with Crippen LogP contribution in [0, 0.1) is 23.3 Å². The number of nitrogens with zero attached hydrogens (tertiary/aromatic N) is 4. The molecular formula is C21H13F4N5OS. The summed E-state index contributed by atoms with van der Waals surface area (Å²) in [6, 6.07) is 10.7. The molecule has 1 amide bonds. The molecular weight excluding hydrogens is 446 g/mol. The lowest BCUT2D eigenvalue weighted by molar-refractivity contribution is -0.113. The van der Waals surface area contributed by atoms with Crippen LogP contribution in [0.25, 0.3) is 17.1 Å². The standard InChI is InChI=1S/C21H13F4N5OS/c22-13-1-3-14(4-2-13)30-20(12-7-9-26-10-8-12)28-29-21(30)32-11-17(31)27-16-6-5-15(23)18(24)19(16)25/h1-10H,11H2,(H,27,31). The molecule has 0 saturated carbocycles. The maximum Gasteiger partial charge on any atom is 0.234 e. The molecule has 0 spiro atoms. The van der Waals surface area contributed by atoms with Crippen molar-refractivity contribution in [3.8, 4) is 17.1 Å². The predicted octanol–water partition coefficient (Wildman–Crippen LogP) is 4.62. The molecule has 2 aromatic carbocycles. The SMILES string of the molecule is O=C(CSc1nnc(-c2ccncc2)n1-c1ccc(F)cc1)Nc1ccc(F)c(F)c1F. The second kappa shape index (κ2) is 9.18. The van der Waals surface area contributed by atoms with Crippen LogP contribution in [0.2, 0.25) is 0 Å². The first-order chi connectivity index (χ1) is 15.4. The highest BCUT2D eigenvalue weighted by Gasteiger charge is 2.19. The third-order valence-electron chi connectivity index (χ3n) is 4.30. The Hall–Kier alpha value is -3.73. The van der Waals surface area contributed by atoms with Crippen molar-refractivity contribution in [2.75, 3.05) is 11.1 Å². The Morgan fingerprint density at radius 2 is 1.62 bits per heavy atom. The van der Waals surface area contributed by atoms with Crippen LogP contribution in [0.4, 0.5) is 23.2 Å². The summed E-state index contributed by atoms with van der Waals surface area (Å²) in [6.45, 7) is 0. The van der Waals surface area contributed by atoms with E-state index in [0.717, 1.165) is 17.8 Å². The van der Waals surface area contributed by atoms with Crippen LogP contribution in [0.15, 0.2) is 66.1 Å². The number of halogens is 4. The molecule has 0 atom stereocenters. The number of aromatic nitrogens is 4. The molecule has 0 aliphatic carbocycles. The number of carbonyl (C=O) groups is 1. The summed E-state index contributed by atoms with van der Waals surface area (Å²) >= 11 is 0.980. The van der Waals surface area contributed by atoms with Gasteiger partial charge >= 0.3 is 0 Å². The molecule has 4 rings (SSSR count). The zero-order valence-electron chi connectivity index (χ0n) is 16.1. The highest BCUT2D eigenvalue weighted by Crippen LogP contribution is 2.28. The smallest absolute Gasteiger partial charge is 0.234 e. The van der Waals surface area contributed by atoms with Crippen LogP contribution in [-0.4, -0.2) is 31.4 Å². The van der Waals surface area contributed by atoms with Crippen molar-refractivity contribution in [3.63, 3.8) is 0 Å². The lowest BCUT2D eigenvalue weighted by atomic mass is 10.2. The molecule has 32 heavy (non-hydrogen) atoms. The van der Waals surface area contributed by atoms with Gasteiger partial charge in [-0.1, -0.05) is 11.8 Å². The van der Waals surface area contributed by atoms with Gasteiger partial charge in [-0.25, -0.2) is 17.6 Å². The number of rotatable bonds is 6. The minimum Gasteiger partial charge on any atom is -0.323 e. The van der Waals surface area contributed by atoms with Crippen molar-refractivity contribution in [3.05, 3.63) is 84.2 Å². The van der Waals surface area contributed by atoms with Gasteiger partial charge in [-0.2, -0.15) is 0 Å². The number of nitrogens with one attached hydrogen (secondary N) is 1. The van der Waals surface area contributed by atoms with Gasteiger partial charge in [0.2, 0.25) is 5.91 Å². The van der Waals surface area contributed by atoms with Gasteiger partial charge in [0, 0.05) is 23.6 Å². The number of carbonyl (C=O) groups excluding carboxylic acids is 1. The van der Waals surface area contributed by atoms with Gasteiger partial charge in [0.15, 0.2) is 28.4 Å². The van der Waals surface area contributed by atoms with E-state index in [4.69, 9.17) is 0 Å². The van der Waals surface area contributed by atoms with Gasteiger partial charge in [-0.05, 0) is 48.5 Å². The Balaban J connectivity index is 1.59. The maximum absolute atomic E-state index is 13.8. The number of thioether (sulfide) groups is 1. The summed E-state index contributed by atoms with van der Waals surface area (Å²) in [5.41, 5.74) is 0.765. The van der Waals surface area contributed by atoms with Crippen LogP contribution in [-0.2, 0) is 4.79 Å². The summed E-state index contributed by atoms with van der Waals surface area (Å²) in [5.74, 6) is -5.40. The van der Waals surface area contributed by atoms with E-state index in [1.165, 1.54) is 24.3 Å². The summed E-state index contributed by atoms with van der Waals surface area (Å²) in [7, 11) is 0. The summed E-state index contributed by atoms with van der Waals surface area (Å²) < 4.78 is 55.3. The minimum atomic E-state index is -1.67. The molecule has 0 fully saturated rings. The van der Waals surface area contributed by atoms with E-state index in [-0.39, 0.29) is 5.75 Å². The molecule has 0 bridgehead atoms. The molecule has 4 aromatic rings. The first-order valence-corrected chi connectivity index (χ1v) is 10.1. The van der Waals surface area contributed by atoms with E-state index in [9.17, 15) is 22.4 Å². The number of hydrogen-bond acceptors (Lipinski definition) is 5. The third kappa shape index (κ3) is 4.47. The zero-order valence-corrected chi connectivity index (χ0v) is 16.9. The van der Waals surface area contributed by atoms with Gasteiger partial charge in [0.1, 0.15) is 5.82 Å². The van der Waals surface area contributed by atoms with Gasteiger partial charge in [-0.3, -0.25) is 14.3 Å². The maximum atomic E-state index is 13.8. The molecule has 1 N–H and O–H groups in total. The van der Waals surface area contributed by atoms with E-state index in [0.29, 0.717) is 28.3 Å². The van der Waals surface area contributed by atoms with Crippen LogP contribution in [0.3, 0.4) is 0 Å². The van der Waals surface area contributed by atoms with E-state index < -0.39 is 34.9 Å². The molecule has 2 aromatic heterocycles. The van der Waals surface area contributed by atoms with Crippen LogP contribution < -0.4 is 5.32 Å². The van der Waals surface area contributed by atoms with Crippen molar-refractivity contribution >= 4 is 23.4 Å². The summed E-state index contributed by atoms with van der Waals surface area (Å²) in [6.07, 6.45) is 3.16. The molecule has 0 radical (unpaired) electrons. The van der Waals surface area contributed by atoms with Gasteiger partial charge in [0.05, 0.1) is 11.4 Å². The van der Waals surface area contributed by atoms with Crippen LogP contribution in [0.1, 0.15) is 0 Å². The zero-order chi connectivity index (χ0) is 22.7. The molecule has 0 unspecified atom stereocenters. The molecule has 0 aliphatic heterocycles. The topological polar surface area (TPSA) is 72.7 Å². The quantitative estimate of drug-likeness (QED) is 0.259. The Morgan fingerprint density at radius 1 is 0.906 bits per heavy atom. The third-order valence-corrected chi connectivity index (χ3v) is 5.23. The number of pyridine rings is 1. The Labute approximate surface area is 183 Å². The molecule has 0 aliphatic rings. The van der Waals surface area contributed by atoms with Crippen LogP contribution >= 0.6 is 11.8 Å².